The summed E-state index contributed by atoms with van der Waals surface area (Å²) >= 11 is 6.03. The van der Waals surface area contributed by atoms with Crippen LogP contribution < -0.4 is 9.47 Å². The highest BCUT2D eigenvalue weighted by molar-refractivity contribution is 6.30. The Balaban J connectivity index is 1.97. The molecule has 0 unspecified atom stereocenters. The summed E-state index contributed by atoms with van der Waals surface area (Å²) in [5.41, 5.74) is 1.87. The lowest BCUT2D eigenvalue weighted by Gasteiger charge is -2.14. The molecule has 0 atom stereocenters. The van der Waals surface area contributed by atoms with Crippen LogP contribution in [0.3, 0.4) is 0 Å². The molecule has 0 saturated heterocycles. The molecule has 27 heavy (non-hydrogen) atoms. The van der Waals surface area contributed by atoms with E-state index in [0.29, 0.717) is 27.8 Å². The van der Waals surface area contributed by atoms with Gasteiger partial charge in [-0.25, -0.2) is 4.79 Å². The van der Waals surface area contributed by atoms with E-state index in [0.717, 1.165) is 5.56 Å². The number of benzene rings is 2. The average Bonchev–Trinajstić information content (AvgIpc) is 3.16. The first kappa shape index (κ1) is 18.7. The zero-order valence-electron chi connectivity index (χ0n) is 14.9. The summed E-state index contributed by atoms with van der Waals surface area (Å²) in [5, 5.41) is 11.1. The molecule has 1 heterocycles. The first-order valence-electron chi connectivity index (χ1n) is 8.26. The number of esters is 1. The van der Waals surface area contributed by atoms with Crippen molar-refractivity contribution < 1.29 is 19.0 Å². The molecule has 3 aromatic rings. The first-order chi connectivity index (χ1) is 13.1. The van der Waals surface area contributed by atoms with Gasteiger partial charge in [0, 0.05) is 5.02 Å². The number of nitrogens with one attached hydrogen (secondary N) is 1. The highest BCUT2D eigenvalue weighted by Crippen LogP contribution is 2.38. The van der Waals surface area contributed by atoms with Gasteiger partial charge in [-0.3, -0.25) is 0 Å². The van der Waals surface area contributed by atoms with Gasteiger partial charge in [-0.1, -0.05) is 29.8 Å². The van der Waals surface area contributed by atoms with Crippen molar-refractivity contribution in [1.29, 1.82) is 0 Å². The molecule has 2 aromatic carbocycles. The van der Waals surface area contributed by atoms with Crippen LogP contribution in [0.2, 0.25) is 5.02 Å². The van der Waals surface area contributed by atoms with Crippen molar-refractivity contribution in [2.45, 2.75) is 13.5 Å². The van der Waals surface area contributed by atoms with Gasteiger partial charge in [0.1, 0.15) is 12.3 Å². The van der Waals surface area contributed by atoms with E-state index in [1.807, 2.05) is 18.2 Å². The maximum Gasteiger partial charge on any atom is 0.361 e. The number of methoxy groups -OCH3 is 1. The van der Waals surface area contributed by atoms with Crippen LogP contribution in [-0.4, -0.2) is 35.1 Å². The van der Waals surface area contributed by atoms with Crippen LogP contribution in [0.5, 0.6) is 11.5 Å². The van der Waals surface area contributed by atoms with Gasteiger partial charge in [0.2, 0.25) is 0 Å². The fourth-order valence-corrected chi connectivity index (χ4v) is 2.77. The second kappa shape index (κ2) is 8.55. The minimum absolute atomic E-state index is 0.0812. The lowest BCUT2D eigenvalue weighted by Crippen LogP contribution is -2.07. The highest BCUT2D eigenvalue weighted by atomic mass is 35.5. The summed E-state index contributed by atoms with van der Waals surface area (Å²) in [6, 6.07) is 12.7. The van der Waals surface area contributed by atoms with Gasteiger partial charge in [0.05, 0.1) is 19.3 Å². The molecule has 0 spiro atoms. The second-order valence-electron chi connectivity index (χ2n) is 5.50. The lowest BCUT2D eigenvalue weighted by molar-refractivity contribution is 0.0520. The number of aromatic nitrogens is 3. The molecule has 3 rings (SSSR count). The predicted molar refractivity (Wildman–Crippen MR) is 100 cm³/mol. The molecule has 7 nitrogen and oxygen atoms in total. The van der Waals surface area contributed by atoms with E-state index in [2.05, 4.69) is 15.4 Å². The lowest BCUT2D eigenvalue weighted by atomic mass is 10.1. The quantitative estimate of drug-likeness (QED) is 0.619. The number of H-pyrrole nitrogens is 1. The van der Waals surface area contributed by atoms with E-state index in [1.165, 1.54) is 0 Å². The molecule has 140 valence electrons. The topological polar surface area (TPSA) is 86.3 Å². The van der Waals surface area contributed by atoms with E-state index in [4.69, 9.17) is 25.8 Å². The van der Waals surface area contributed by atoms with Crippen LogP contribution >= 0.6 is 11.6 Å². The van der Waals surface area contributed by atoms with Crippen molar-refractivity contribution in [3.05, 3.63) is 58.7 Å². The summed E-state index contributed by atoms with van der Waals surface area (Å²) in [4.78, 5) is 12.2. The molecule has 0 aliphatic carbocycles. The minimum atomic E-state index is -0.565. The summed E-state index contributed by atoms with van der Waals surface area (Å²) in [5.74, 6) is 0.386. The number of halogens is 1. The number of aromatic amines is 1. The SMILES string of the molecule is CCOC(=O)c1n[nH]nc1-c1cccc(OC)c1OCc1cccc(Cl)c1. The van der Waals surface area contributed by atoms with Crippen LogP contribution in [-0.2, 0) is 11.3 Å². The van der Waals surface area contributed by atoms with Gasteiger partial charge < -0.3 is 14.2 Å². The van der Waals surface area contributed by atoms with Crippen molar-refractivity contribution in [3.63, 3.8) is 0 Å². The fraction of sp³-hybridized carbons (Fsp3) is 0.211. The second-order valence-corrected chi connectivity index (χ2v) is 5.93. The normalized spacial score (nSPS) is 10.5. The van der Waals surface area contributed by atoms with Crippen molar-refractivity contribution in [1.82, 2.24) is 15.4 Å². The molecule has 0 amide bonds. The maximum atomic E-state index is 12.2. The number of carbonyl (C=O) groups is 1. The van der Waals surface area contributed by atoms with Crippen LogP contribution in [0.4, 0.5) is 0 Å². The fourth-order valence-electron chi connectivity index (χ4n) is 2.55. The van der Waals surface area contributed by atoms with E-state index in [1.54, 1.807) is 38.3 Å². The maximum absolute atomic E-state index is 12.2. The third-order valence-electron chi connectivity index (χ3n) is 3.74. The summed E-state index contributed by atoms with van der Waals surface area (Å²) in [6.07, 6.45) is 0. The molecule has 1 N–H and O–H groups in total. The molecule has 0 aliphatic rings. The van der Waals surface area contributed by atoms with Gasteiger partial charge in [-0.15, -0.1) is 5.10 Å². The zero-order chi connectivity index (χ0) is 19.2. The molecule has 0 bridgehead atoms. The molecular formula is C19H18ClN3O4. The number of rotatable bonds is 7. The predicted octanol–water partition coefficient (Wildman–Crippen LogP) is 3.89. The van der Waals surface area contributed by atoms with E-state index in [9.17, 15) is 4.79 Å². The third-order valence-corrected chi connectivity index (χ3v) is 3.98. The Morgan fingerprint density at radius 3 is 2.74 bits per heavy atom. The highest BCUT2D eigenvalue weighted by Gasteiger charge is 2.23. The Morgan fingerprint density at radius 1 is 1.19 bits per heavy atom. The van der Waals surface area contributed by atoms with Crippen molar-refractivity contribution in [3.8, 4) is 22.8 Å². The molecule has 0 radical (unpaired) electrons. The third kappa shape index (κ3) is 4.20. The molecule has 8 heteroatoms. The largest absolute Gasteiger partial charge is 0.493 e. The average molecular weight is 388 g/mol. The van der Waals surface area contributed by atoms with Gasteiger partial charge >= 0.3 is 5.97 Å². The Morgan fingerprint density at radius 2 is 2.00 bits per heavy atom. The number of para-hydroxylation sites is 1. The zero-order valence-corrected chi connectivity index (χ0v) is 15.6. The van der Waals surface area contributed by atoms with E-state index in [-0.39, 0.29) is 18.9 Å². The van der Waals surface area contributed by atoms with Gasteiger partial charge in [0.15, 0.2) is 17.2 Å². The van der Waals surface area contributed by atoms with Crippen LogP contribution in [0.15, 0.2) is 42.5 Å². The molecular weight excluding hydrogens is 370 g/mol. The van der Waals surface area contributed by atoms with Crippen molar-refractivity contribution in [2.24, 2.45) is 0 Å². The number of carbonyl (C=O) groups excluding carboxylic acids is 1. The Hall–Kier alpha value is -3.06. The Kier molecular flexibility index (Phi) is 5.93. The number of hydrogen-bond acceptors (Lipinski definition) is 6. The monoisotopic (exact) mass is 387 g/mol. The summed E-state index contributed by atoms with van der Waals surface area (Å²) in [7, 11) is 1.54. The molecule has 0 aliphatic heterocycles. The number of ether oxygens (including phenoxy) is 3. The van der Waals surface area contributed by atoms with E-state index >= 15 is 0 Å². The Bertz CT molecular complexity index is 942. The van der Waals surface area contributed by atoms with Crippen molar-refractivity contribution >= 4 is 17.6 Å². The van der Waals surface area contributed by atoms with Crippen LogP contribution in [0.25, 0.3) is 11.3 Å². The van der Waals surface area contributed by atoms with Crippen LogP contribution in [0, 0.1) is 0 Å². The molecule has 1 aromatic heterocycles. The van der Waals surface area contributed by atoms with Crippen LogP contribution in [0.1, 0.15) is 23.0 Å². The summed E-state index contributed by atoms with van der Waals surface area (Å²) < 4.78 is 16.5. The van der Waals surface area contributed by atoms with Crippen molar-refractivity contribution in [2.75, 3.05) is 13.7 Å². The number of hydrogen-bond donors (Lipinski definition) is 1. The van der Waals surface area contributed by atoms with Gasteiger partial charge in [-0.2, -0.15) is 10.3 Å². The standard InChI is InChI=1S/C19H18ClN3O4/c1-3-26-19(24)17-16(21-23-22-17)14-8-5-9-15(25-2)18(14)27-11-12-6-4-7-13(20)10-12/h4-10H,3,11H2,1-2H3,(H,21,22,23). The first-order valence-corrected chi connectivity index (χ1v) is 8.64. The smallest absolute Gasteiger partial charge is 0.361 e. The molecule has 0 saturated carbocycles. The van der Waals surface area contributed by atoms with Gasteiger partial charge in [-0.05, 0) is 36.8 Å². The number of nitrogens with zero attached hydrogens (tertiary/aromatic N) is 2. The minimum Gasteiger partial charge on any atom is -0.493 e. The Labute approximate surface area is 161 Å². The summed E-state index contributed by atoms with van der Waals surface area (Å²) in [6.45, 7) is 2.23. The van der Waals surface area contributed by atoms with Gasteiger partial charge in [0.25, 0.3) is 0 Å². The molecule has 0 fully saturated rings. The van der Waals surface area contributed by atoms with E-state index < -0.39 is 5.97 Å².